The molecule has 0 aliphatic carbocycles. The molecule has 2 rings (SSSR count). The van der Waals surface area contributed by atoms with Crippen LogP contribution in [0.5, 0.6) is 0 Å². The van der Waals surface area contributed by atoms with Crippen LogP contribution in [0.4, 0.5) is 0 Å². The number of aryl methyl sites for hydroxylation is 1. The summed E-state index contributed by atoms with van der Waals surface area (Å²) < 4.78 is 1.39. The molecule has 0 aliphatic rings. The minimum atomic E-state index is -0.151. The van der Waals surface area contributed by atoms with Crippen LogP contribution in [0.15, 0.2) is 47.4 Å². The molecular weight excluding hydrogens is 226 g/mol. The zero-order valence-electron chi connectivity index (χ0n) is 10.3. The molecule has 3 nitrogen and oxygen atoms in total. The Bertz CT molecular complexity index is 614. The Morgan fingerprint density at radius 1 is 1.17 bits per heavy atom. The van der Waals surface area contributed by atoms with Crippen LogP contribution in [-0.2, 0) is 17.8 Å². The Morgan fingerprint density at radius 3 is 2.61 bits per heavy atom. The summed E-state index contributed by atoms with van der Waals surface area (Å²) in [5.41, 5.74) is 3.01. The molecule has 0 saturated carbocycles. The highest BCUT2D eigenvalue weighted by molar-refractivity contribution is 5.63. The van der Waals surface area contributed by atoms with Crippen molar-refractivity contribution in [1.82, 2.24) is 4.57 Å². The van der Waals surface area contributed by atoms with E-state index in [1.165, 1.54) is 10.1 Å². The first-order valence-electron chi connectivity index (χ1n) is 5.98. The van der Waals surface area contributed by atoms with Crippen LogP contribution in [0.25, 0.3) is 11.1 Å². The van der Waals surface area contributed by atoms with Crippen molar-refractivity contribution in [3.05, 3.63) is 58.5 Å². The van der Waals surface area contributed by atoms with Gasteiger partial charge in [-0.3, -0.25) is 4.79 Å². The molecule has 0 amide bonds. The molecule has 0 radical (unpaired) electrons. The van der Waals surface area contributed by atoms with Gasteiger partial charge in [0.15, 0.2) is 0 Å². The highest BCUT2D eigenvalue weighted by Gasteiger charge is 2.01. The van der Waals surface area contributed by atoms with Crippen molar-refractivity contribution in [3.8, 4) is 11.1 Å². The zero-order valence-corrected chi connectivity index (χ0v) is 10.3. The lowest BCUT2D eigenvalue weighted by Gasteiger charge is -2.06. The van der Waals surface area contributed by atoms with Crippen molar-refractivity contribution < 1.29 is 4.79 Å². The molecule has 0 atom stereocenters. The number of nitrogens with zero attached hydrogens (tertiary/aromatic N) is 1. The largest absolute Gasteiger partial charge is 0.308 e. The number of aldehydes is 1. The van der Waals surface area contributed by atoms with Crippen LogP contribution < -0.4 is 5.56 Å². The van der Waals surface area contributed by atoms with Gasteiger partial charge in [0.1, 0.15) is 6.29 Å². The monoisotopic (exact) mass is 241 g/mol. The van der Waals surface area contributed by atoms with Gasteiger partial charge in [0, 0.05) is 12.3 Å². The maximum Gasteiger partial charge on any atom is 0.251 e. The number of benzene rings is 1. The standard InChI is InChI=1S/C15H15NO2/c1-2-12-4-3-5-13(10-12)14-6-7-16(8-9-17)15(18)11-14/h3-7,9-11H,2,8H2,1H3. The van der Waals surface area contributed by atoms with E-state index in [0.29, 0.717) is 0 Å². The molecule has 0 unspecified atom stereocenters. The Morgan fingerprint density at radius 2 is 1.94 bits per heavy atom. The van der Waals surface area contributed by atoms with Crippen LogP contribution in [-0.4, -0.2) is 10.9 Å². The minimum Gasteiger partial charge on any atom is -0.308 e. The van der Waals surface area contributed by atoms with E-state index in [1.807, 2.05) is 18.2 Å². The first-order valence-corrected chi connectivity index (χ1v) is 5.98. The summed E-state index contributed by atoms with van der Waals surface area (Å²) in [7, 11) is 0. The third-order valence-corrected chi connectivity index (χ3v) is 2.94. The van der Waals surface area contributed by atoms with E-state index in [0.717, 1.165) is 23.8 Å². The second-order valence-corrected chi connectivity index (χ2v) is 4.13. The molecule has 3 heteroatoms. The van der Waals surface area contributed by atoms with Crippen LogP contribution in [0.2, 0.25) is 0 Å². The van der Waals surface area contributed by atoms with E-state index in [9.17, 15) is 9.59 Å². The van der Waals surface area contributed by atoms with E-state index in [-0.39, 0.29) is 12.1 Å². The van der Waals surface area contributed by atoms with E-state index in [1.54, 1.807) is 12.3 Å². The first kappa shape index (κ1) is 12.3. The summed E-state index contributed by atoms with van der Waals surface area (Å²) in [6.07, 6.45) is 3.35. The van der Waals surface area contributed by atoms with Crippen molar-refractivity contribution in [1.29, 1.82) is 0 Å². The van der Waals surface area contributed by atoms with Gasteiger partial charge < -0.3 is 9.36 Å². The van der Waals surface area contributed by atoms with Crippen molar-refractivity contribution in [3.63, 3.8) is 0 Å². The fourth-order valence-electron chi connectivity index (χ4n) is 1.89. The summed E-state index contributed by atoms with van der Waals surface area (Å²) >= 11 is 0. The third-order valence-electron chi connectivity index (χ3n) is 2.94. The van der Waals surface area contributed by atoms with Gasteiger partial charge in [-0.05, 0) is 29.2 Å². The molecular formula is C15H15NO2. The number of hydrogen-bond acceptors (Lipinski definition) is 2. The summed E-state index contributed by atoms with van der Waals surface area (Å²) in [6, 6.07) is 11.6. The lowest BCUT2D eigenvalue weighted by atomic mass is 10.0. The Kier molecular flexibility index (Phi) is 3.72. The van der Waals surface area contributed by atoms with Crippen LogP contribution in [0.3, 0.4) is 0 Å². The fraction of sp³-hybridized carbons (Fsp3) is 0.200. The van der Waals surface area contributed by atoms with Crippen molar-refractivity contribution in [2.75, 3.05) is 0 Å². The Labute approximate surface area is 106 Å². The molecule has 0 saturated heterocycles. The van der Waals surface area contributed by atoms with Gasteiger partial charge in [0.05, 0.1) is 6.54 Å². The van der Waals surface area contributed by atoms with Crippen molar-refractivity contribution in [2.45, 2.75) is 19.9 Å². The molecule has 1 aromatic carbocycles. The zero-order chi connectivity index (χ0) is 13.0. The maximum absolute atomic E-state index is 11.8. The quantitative estimate of drug-likeness (QED) is 0.770. The molecule has 2 aromatic rings. The highest BCUT2D eigenvalue weighted by Crippen LogP contribution is 2.18. The van der Waals surface area contributed by atoms with E-state index < -0.39 is 0 Å². The summed E-state index contributed by atoms with van der Waals surface area (Å²) in [4.78, 5) is 22.2. The second kappa shape index (κ2) is 5.45. The molecule has 1 heterocycles. The Balaban J connectivity index is 2.42. The predicted molar refractivity (Wildman–Crippen MR) is 71.6 cm³/mol. The molecule has 0 fully saturated rings. The van der Waals surface area contributed by atoms with Gasteiger partial charge in [0.25, 0.3) is 5.56 Å². The predicted octanol–water partition coefficient (Wildman–Crippen LogP) is 2.28. The summed E-state index contributed by atoms with van der Waals surface area (Å²) in [5, 5.41) is 0. The van der Waals surface area contributed by atoms with Gasteiger partial charge in [0.2, 0.25) is 0 Å². The van der Waals surface area contributed by atoms with Crippen LogP contribution in [0.1, 0.15) is 12.5 Å². The van der Waals surface area contributed by atoms with Crippen molar-refractivity contribution >= 4 is 6.29 Å². The van der Waals surface area contributed by atoms with Crippen LogP contribution in [0, 0.1) is 0 Å². The molecule has 0 N–H and O–H groups in total. The number of carbonyl (C=O) groups excluding carboxylic acids is 1. The maximum atomic E-state index is 11.8. The van der Waals surface area contributed by atoms with E-state index in [4.69, 9.17) is 0 Å². The van der Waals surface area contributed by atoms with Gasteiger partial charge in [-0.15, -0.1) is 0 Å². The molecule has 0 spiro atoms. The van der Waals surface area contributed by atoms with Gasteiger partial charge in [-0.25, -0.2) is 0 Å². The summed E-state index contributed by atoms with van der Waals surface area (Å²) in [6.45, 7) is 2.20. The molecule has 0 bridgehead atoms. The average molecular weight is 241 g/mol. The smallest absolute Gasteiger partial charge is 0.251 e. The van der Waals surface area contributed by atoms with Gasteiger partial charge >= 0.3 is 0 Å². The molecule has 18 heavy (non-hydrogen) atoms. The lowest BCUT2D eigenvalue weighted by molar-refractivity contribution is -0.108. The SMILES string of the molecule is CCc1cccc(-c2ccn(CC=O)c(=O)c2)c1. The third kappa shape index (κ3) is 2.56. The number of carbonyl (C=O) groups is 1. The second-order valence-electron chi connectivity index (χ2n) is 4.13. The molecule has 92 valence electrons. The average Bonchev–Trinajstić information content (AvgIpc) is 2.41. The Hall–Kier alpha value is -2.16. The number of hydrogen-bond donors (Lipinski definition) is 0. The number of rotatable bonds is 4. The molecule has 0 aliphatic heterocycles. The molecule has 1 aromatic heterocycles. The number of aromatic nitrogens is 1. The van der Waals surface area contributed by atoms with E-state index in [2.05, 4.69) is 19.1 Å². The first-order chi connectivity index (χ1) is 8.74. The fourth-order valence-corrected chi connectivity index (χ4v) is 1.89. The topological polar surface area (TPSA) is 39.1 Å². The minimum absolute atomic E-state index is 0.105. The van der Waals surface area contributed by atoms with Gasteiger partial charge in [-0.1, -0.05) is 31.2 Å². The number of pyridine rings is 1. The summed E-state index contributed by atoms with van der Waals surface area (Å²) in [5.74, 6) is 0. The lowest BCUT2D eigenvalue weighted by Crippen LogP contribution is -2.18. The van der Waals surface area contributed by atoms with E-state index >= 15 is 0 Å². The normalized spacial score (nSPS) is 10.3. The van der Waals surface area contributed by atoms with Gasteiger partial charge in [-0.2, -0.15) is 0 Å². The van der Waals surface area contributed by atoms with Crippen LogP contribution >= 0.6 is 0 Å². The highest BCUT2D eigenvalue weighted by atomic mass is 16.1. The van der Waals surface area contributed by atoms with Crippen molar-refractivity contribution in [2.24, 2.45) is 0 Å².